The second-order valence-corrected chi connectivity index (χ2v) is 43.3. The van der Waals surface area contributed by atoms with Gasteiger partial charge in [-0.15, -0.1) is 0 Å². The highest BCUT2D eigenvalue weighted by Crippen LogP contribution is 2.30. The average molecular weight is 2130 g/mol. The standard InChI is InChI=1S/C21H42O7.C18H36O7.C17H34O7.C17H34O6.2C16H32O7/c1-14(2)7-5-8-15(3)9-6-10-16(4)11-12-28-21(27)20(26)19(25)18(24)17(23)13-22;1-5-18(4,10-8-6-7-9-12(2)3)25-17(24)16(23)15(22)14(21)13(20)11-19;1-11(2)8-6-5-7-9-17(3,4)24-16(23)15(22)14(21)13(20)12(19)10-18;1-6-8-9-11(3)10-17(4,5)23-16(22)15(21)14(20)13(19)12(18)7-2;1-10(2)5-4-6-11(3)7-8-23-16(22)15(21)14(20)13(19)12(18)9-17;1-4-10(2)6-5-7-11(3)9-23-16(22)15(21)14(20)13(19)12(18)8-17/h14-20,22-26H,5-13H2,1-4H3;12-16,19-23H,5-11H2,1-4H3;11-15,18-22H,5-10H2,1-4H3;11-15,18-21H,6-10H2,1-5H3;2*10-15,17-21H,4-9H2,1-3H3. The molecule has 0 aromatic rings. The number of esters is 6. The first kappa shape index (κ1) is 152. The lowest BCUT2D eigenvalue weighted by Gasteiger charge is -2.31. The SMILES string of the molecule is CC(C)CCCC(C)CCCC(C)CCOC(=O)C(O)C(O)C(O)C(O)CO.CC(C)CCCC(C)CCOC(=O)C(O)C(O)C(O)C(O)CO.CC(C)CCCCCC(C)(C)OC(=O)C(O)C(O)C(O)C(O)CO.CCC(C)(CCCCCC(C)C)OC(=O)C(O)C(O)C(O)C(O)CO.CCC(C)CCCC(C)COC(=O)C(O)C(O)C(O)C(O)CO.CCCCC(C)CC(C)(C)OC(=O)C(O)C(O)C(O)C(O)CC. The molecule has 0 fully saturated rings. The van der Waals surface area contributed by atoms with Crippen LogP contribution in [0, 0.1) is 59.2 Å². The molecule has 0 radical (unpaired) electrons. The first-order chi connectivity index (χ1) is 67.7. The van der Waals surface area contributed by atoms with Crippen LogP contribution in [-0.2, 0) is 57.2 Å². The molecule has 0 heterocycles. The van der Waals surface area contributed by atoms with E-state index in [2.05, 4.69) is 104 Å². The van der Waals surface area contributed by atoms with Crippen molar-refractivity contribution in [2.75, 3.05) is 52.9 Å². The molecule has 0 saturated heterocycles. The van der Waals surface area contributed by atoms with Crippen molar-refractivity contribution in [2.45, 2.75) is 522 Å². The van der Waals surface area contributed by atoms with Crippen LogP contribution < -0.4 is 0 Å². The molecular weight excluding hydrogens is 1920 g/mol. The number of hydrogen-bond donors (Lipinski definition) is 29. The molecule has 0 amide bonds. The molecule has 0 spiro atoms. The number of aliphatic hydroxyl groups is 29. The first-order valence-electron chi connectivity index (χ1n) is 53.2. The van der Waals surface area contributed by atoms with Gasteiger partial charge in [0, 0.05) is 0 Å². The van der Waals surface area contributed by atoms with Crippen LogP contribution in [-0.4, -0.2) is 400 Å². The number of aliphatic hydroxyl groups excluding tert-OH is 29. The lowest BCUT2D eigenvalue weighted by atomic mass is 9.91. The molecule has 0 aromatic carbocycles. The summed E-state index contributed by atoms with van der Waals surface area (Å²) >= 11 is 0. The van der Waals surface area contributed by atoms with Gasteiger partial charge in [0.05, 0.1) is 59.0 Å². The molecule has 0 aliphatic carbocycles. The highest BCUT2D eigenvalue weighted by molar-refractivity contribution is 5.77. The predicted molar refractivity (Wildman–Crippen MR) is 547 cm³/mol. The van der Waals surface area contributed by atoms with Gasteiger partial charge in [-0.05, 0) is 158 Å². The molecule has 0 aliphatic heterocycles. The lowest BCUT2D eigenvalue weighted by molar-refractivity contribution is -0.184. The summed E-state index contributed by atoms with van der Waals surface area (Å²) in [6.45, 7) is 42.9. The molecule has 0 bridgehead atoms. The van der Waals surface area contributed by atoms with Crippen LogP contribution in [0.3, 0.4) is 0 Å². The first-order valence-corrected chi connectivity index (χ1v) is 53.2. The van der Waals surface area contributed by atoms with Gasteiger partial charge in [0.1, 0.15) is 121 Å². The van der Waals surface area contributed by atoms with Gasteiger partial charge in [-0.1, -0.05) is 259 Å². The molecule has 31 atom stereocenters. The summed E-state index contributed by atoms with van der Waals surface area (Å²) in [7, 11) is 0. The molecule has 29 N–H and O–H groups in total. The summed E-state index contributed by atoms with van der Waals surface area (Å²) in [5.74, 6) is -0.903. The van der Waals surface area contributed by atoms with E-state index in [0.29, 0.717) is 80.0 Å². The highest BCUT2D eigenvalue weighted by atomic mass is 16.6. The molecular formula is C105H210O41. The van der Waals surface area contributed by atoms with Crippen LogP contribution in [0.4, 0.5) is 0 Å². The van der Waals surface area contributed by atoms with Crippen LogP contribution >= 0.6 is 0 Å². The Balaban J connectivity index is -0.000000403. The second-order valence-electron chi connectivity index (χ2n) is 43.3. The highest BCUT2D eigenvalue weighted by Gasteiger charge is 2.44. The Morgan fingerprint density at radius 1 is 0.233 bits per heavy atom. The molecule has 41 nitrogen and oxygen atoms in total. The van der Waals surface area contributed by atoms with Crippen molar-refractivity contribution in [2.24, 2.45) is 59.2 Å². The van der Waals surface area contributed by atoms with Gasteiger partial charge in [-0.2, -0.15) is 0 Å². The van der Waals surface area contributed by atoms with Crippen LogP contribution in [0.1, 0.15) is 358 Å². The van der Waals surface area contributed by atoms with E-state index >= 15 is 0 Å². The Morgan fingerprint density at radius 2 is 0.486 bits per heavy atom. The Labute approximate surface area is 870 Å². The van der Waals surface area contributed by atoms with Gasteiger partial charge in [0.25, 0.3) is 0 Å². The maximum absolute atomic E-state index is 12.1. The predicted octanol–water partition coefficient (Wildman–Crippen LogP) is 3.73. The number of carbonyl (C=O) groups is 6. The van der Waals surface area contributed by atoms with E-state index in [9.17, 15) is 151 Å². The Bertz CT molecular complexity index is 3160. The normalized spacial score (nSPS) is 18.6. The summed E-state index contributed by atoms with van der Waals surface area (Å²) in [6.07, 6.45) is -13.4. The van der Waals surface area contributed by atoms with Gasteiger partial charge in [-0.25, -0.2) is 28.8 Å². The minimum atomic E-state index is -2.00. The van der Waals surface area contributed by atoms with Crippen LogP contribution in [0.2, 0.25) is 0 Å². The van der Waals surface area contributed by atoms with Crippen molar-refractivity contribution in [1.82, 2.24) is 0 Å². The van der Waals surface area contributed by atoms with Crippen molar-refractivity contribution in [1.29, 1.82) is 0 Å². The van der Waals surface area contributed by atoms with Crippen LogP contribution in [0.25, 0.3) is 0 Å². The summed E-state index contributed by atoms with van der Waals surface area (Å²) in [5, 5.41) is 273. The molecule has 0 aromatic heterocycles. The minimum absolute atomic E-state index is 0.113. The Hall–Kier alpha value is -4.34. The number of ether oxygens (including phenoxy) is 6. The minimum Gasteiger partial charge on any atom is -0.464 e. The Morgan fingerprint density at radius 3 is 0.781 bits per heavy atom. The largest absolute Gasteiger partial charge is 0.464 e. The smallest absolute Gasteiger partial charge is 0.338 e. The van der Waals surface area contributed by atoms with E-state index in [4.69, 9.17) is 54.0 Å². The van der Waals surface area contributed by atoms with E-state index < -0.39 is 232 Å². The van der Waals surface area contributed by atoms with Crippen molar-refractivity contribution < 1.29 is 205 Å². The van der Waals surface area contributed by atoms with E-state index in [1.807, 2.05) is 13.8 Å². The van der Waals surface area contributed by atoms with Crippen molar-refractivity contribution in [3.63, 3.8) is 0 Å². The summed E-state index contributed by atoms with van der Waals surface area (Å²) in [6, 6.07) is 0. The van der Waals surface area contributed by atoms with E-state index in [-0.39, 0.29) is 32.2 Å². The van der Waals surface area contributed by atoms with Crippen molar-refractivity contribution in [3.05, 3.63) is 0 Å². The topological polar surface area (TPSA) is 744 Å². The van der Waals surface area contributed by atoms with Gasteiger partial charge in [0.2, 0.25) is 0 Å². The maximum Gasteiger partial charge on any atom is 0.338 e. The monoisotopic (exact) mass is 2130 g/mol. The van der Waals surface area contributed by atoms with Crippen LogP contribution in [0.15, 0.2) is 0 Å². The summed E-state index contributed by atoms with van der Waals surface area (Å²) in [4.78, 5) is 70.9. The van der Waals surface area contributed by atoms with Gasteiger partial charge >= 0.3 is 35.8 Å². The fourth-order valence-electron chi connectivity index (χ4n) is 14.8. The number of unbranched alkanes of at least 4 members (excludes halogenated alkanes) is 5. The maximum atomic E-state index is 12.1. The fourth-order valence-corrected chi connectivity index (χ4v) is 14.8. The van der Waals surface area contributed by atoms with Gasteiger partial charge < -0.3 is 177 Å². The van der Waals surface area contributed by atoms with Crippen molar-refractivity contribution in [3.8, 4) is 0 Å². The summed E-state index contributed by atoms with van der Waals surface area (Å²) < 4.78 is 30.6. The number of rotatable bonds is 76. The second kappa shape index (κ2) is 86.0. The third kappa shape index (κ3) is 73.1. The zero-order chi connectivity index (χ0) is 114. The van der Waals surface area contributed by atoms with Crippen molar-refractivity contribution >= 4 is 35.8 Å². The van der Waals surface area contributed by atoms with Gasteiger partial charge in [-0.3, -0.25) is 0 Å². The molecule has 146 heavy (non-hydrogen) atoms. The summed E-state index contributed by atoms with van der Waals surface area (Å²) in [5.41, 5.74) is -2.36. The number of carbonyl (C=O) groups excluding carboxylic acids is 6. The molecule has 876 valence electrons. The quantitative estimate of drug-likeness (QED) is 0.0234. The molecule has 41 heteroatoms. The van der Waals surface area contributed by atoms with Crippen LogP contribution in [0.5, 0.6) is 0 Å². The molecule has 0 saturated carbocycles. The van der Waals surface area contributed by atoms with E-state index in [1.165, 1.54) is 25.7 Å². The molecule has 31 unspecified atom stereocenters. The Kier molecular flexibility index (Phi) is 89.7. The lowest BCUT2D eigenvalue weighted by Crippen LogP contribution is -2.50. The zero-order valence-electron chi connectivity index (χ0n) is 92.6. The third-order valence-corrected chi connectivity index (χ3v) is 25.7. The fraction of sp³-hybridized carbons (Fsp3) is 0.943. The molecule has 0 aliphatic rings. The third-order valence-electron chi connectivity index (χ3n) is 25.7. The number of hydrogen-bond acceptors (Lipinski definition) is 41. The van der Waals surface area contributed by atoms with E-state index in [0.717, 1.165) is 140 Å². The van der Waals surface area contributed by atoms with Gasteiger partial charge in [0.15, 0.2) is 36.6 Å². The van der Waals surface area contributed by atoms with E-state index in [1.54, 1.807) is 41.5 Å². The average Bonchev–Trinajstić information content (AvgIpc) is 0.851. The molecule has 0 rings (SSSR count). The zero-order valence-corrected chi connectivity index (χ0v) is 92.6.